The van der Waals surface area contributed by atoms with Crippen LogP contribution in [0.3, 0.4) is 0 Å². The molecule has 4 aromatic rings. The molecule has 2 heterocycles. The molecule has 8 nitrogen and oxygen atoms in total. The van der Waals surface area contributed by atoms with E-state index >= 15 is 0 Å². The van der Waals surface area contributed by atoms with Crippen LogP contribution in [-0.4, -0.2) is 41.4 Å². The van der Waals surface area contributed by atoms with E-state index in [-0.39, 0.29) is 18.4 Å². The fourth-order valence-corrected chi connectivity index (χ4v) is 4.61. The molecule has 0 bridgehead atoms. The Balaban J connectivity index is 1.54. The zero-order valence-corrected chi connectivity index (χ0v) is 21.0. The molecule has 37 heavy (non-hydrogen) atoms. The van der Waals surface area contributed by atoms with Gasteiger partial charge < -0.3 is 14.8 Å². The van der Waals surface area contributed by atoms with Crippen LogP contribution >= 0.6 is 0 Å². The predicted molar refractivity (Wildman–Crippen MR) is 141 cm³/mol. The maximum absolute atomic E-state index is 14.0. The van der Waals surface area contributed by atoms with Crippen LogP contribution in [0.2, 0.25) is 0 Å². The van der Waals surface area contributed by atoms with E-state index in [1.54, 1.807) is 61.1 Å². The summed E-state index contributed by atoms with van der Waals surface area (Å²) in [7, 11) is 3.18. The third-order valence-electron chi connectivity index (χ3n) is 6.64. The van der Waals surface area contributed by atoms with E-state index in [9.17, 15) is 9.59 Å². The van der Waals surface area contributed by atoms with Crippen molar-refractivity contribution in [2.45, 2.75) is 25.6 Å². The molecule has 1 N–H and O–H groups in total. The largest absolute Gasteiger partial charge is 0.497 e. The topological polar surface area (TPSA) is 85.7 Å². The van der Waals surface area contributed by atoms with E-state index in [4.69, 9.17) is 14.6 Å². The third kappa shape index (κ3) is 4.53. The number of benzene rings is 3. The second-order valence-corrected chi connectivity index (χ2v) is 9.09. The smallest absolute Gasteiger partial charge is 0.277 e. The van der Waals surface area contributed by atoms with Gasteiger partial charge in [0.1, 0.15) is 22.7 Å². The SMILES string of the molecule is COc1ccc(-c2cc3n(n2)C[C@@](C)(C(=O)NCc2ccccc2)N(c2cccc(OC)c2)C3=O)cc1. The molecule has 0 fully saturated rings. The first-order chi connectivity index (χ1) is 17.9. The lowest BCUT2D eigenvalue weighted by Gasteiger charge is -2.43. The van der Waals surface area contributed by atoms with Crippen molar-refractivity contribution < 1.29 is 19.1 Å². The Hall–Kier alpha value is -4.59. The summed E-state index contributed by atoms with van der Waals surface area (Å²) in [5, 5.41) is 7.73. The van der Waals surface area contributed by atoms with Crippen molar-refractivity contribution in [3.63, 3.8) is 0 Å². The Labute approximate surface area is 215 Å². The second-order valence-electron chi connectivity index (χ2n) is 9.09. The lowest BCUT2D eigenvalue weighted by Crippen LogP contribution is -2.64. The minimum Gasteiger partial charge on any atom is -0.497 e. The molecule has 0 saturated heterocycles. The standard InChI is InChI=1S/C29H28N4O4/c1-29(28(35)30-18-20-8-5-4-6-9-20)19-32-26(17-25(31-32)21-12-14-23(36-2)15-13-21)27(34)33(29)22-10-7-11-24(16-22)37-3/h4-17H,18-19H2,1-3H3,(H,30,35)/t29-/m0/s1. The van der Waals surface area contributed by atoms with Crippen LogP contribution in [0.5, 0.6) is 11.5 Å². The zero-order chi connectivity index (χ0) is 26.0. The summed E-state index contributed by atoms with van der Waals surface area (Å²) in [5.41, 5.74) is 2.19. The van der Waals surface area contributed by atoms with Gasteiger partial charge in [0, 0.05) is 23.9 Å². The molecule has 2 amide bonds. The summed E-state index contributed by atoms with van der Waals surface area (Å²) in [4.78, 5) is 29.3. The van der Waals surface area contributed by atoms with E-state index in [0.29, 0.717) is 29.4 Å². The van der Waals surface area contributed by atoms with Crippen LogP contribution in [0.25, 0.3) is 11.3 Å². The van der Waals surface area contributed by atoms with Crippen LogP contribution < -0.4 is 19.7 Å². The highest BCUT2D eigenvalue weighted by Crippen LogP contribution is 2.35. The summed E-state index contributed by atoms with van der Waals surface area (Å²) < 4.78 is 12.3. The molecule has 3 aromatic carbocycles. The number of hydrogen-bond acceptors (Lipinski definition) is 5. The Morgan fingerprint density at radius 3 is 2.38 bits per heavy atom. The number of anilines is 1. The van der Waals surface area contributed by atoms with Crippen LogP contribution in [0.1, 0.15) is 23.0 Å². The Kier molecular flexibility index (Phi) is 6.40. The minimum absolute atomic E-state index is 0.183. The van der Waals surface area contributed by atoms with Crippen molar-refractivity contribution in [3.8, 4) is 22.8 Å². The number of rotatable bonds is 7. The van der Waals surface area contributed by atoms with E-state index in [0.717, 1.165) is 16.9 Å². The monoisotopic (exact) mass is 496 g/mol. The normalized spacial score (nSPS) is 16.7. The molecule has 0 radical (unpaired) electrons. The molecule has 8 heteroatoms. The van der Waals surface area contributed by atoms with E-state index in [2.05, 4.69) is 5.32 Å². The van der Waals surface area contributed by atoms with Gasteiger partial charge in [-0.25, -0.2) is 0 Å². The van der Waals surface area contributed by atoms with Crippen molar-refractivity contribution in [2.75, 3.05) is 19.1 Å². The minimum atomic E-state index is -1.24. The molecule has 1 aromatic heterocycles. The van der Waals surface area contributed by atoms with Crippen LogP contribution in [-0.2, 0) is 17.9 Å². The summed E-state index contributed by atoms with van der Waals surface area (Å²) in [6, 6.07) is 26.1. The number of carbonyl (C=O) groups excluding carboxylic acids is 2. The molecular formula is C29H28N4O4. The highest BCUT2D eigenvalue weighted by atomic mass is 16.5. The number of methoxy groups -OCH3 is 2. The molecule has 0 aliphatic carbocycles. The van der Waals surface area contributed by atoms with Gasteiger partial charge in [-0.05, 0) is 55.0 Å². The Morgan fingerprint density at radius 2 is 1.68 bits per heavy atom. The summed E-state index contributed by atoms with van der Waals surface area (Å²) in [5.74, 6) is 0.731. The van der Waals surface area contributed by atoms with Crippen molar-refractivity contribution >= 4 is 17.5 Å². The lowest BCUT2D eigenvalue weighted by atomic mass is 9.93. The number of ether oxygens (including phenoxy) is 2. The molecule has 0 unspecified atom stereocenters. The summed E-state index contributed by atoms with van der Waals surface area (Å²) >= 11 is 0. The summed E-state index contributed by atoms with van der Waals surface area (Å²) in [6.07, 6.45) is 0. The van der Waals surface area contributed by atoms with Crippen LogP contribution in [0.4, 0.5) is 5.69 Å². The highest BCUT2D eigenvalue weighted by Gasteiger charge is 2.49. The summed E-state index contributed by atoms with van der Waals surface area (Å²) in [6.45, 7) is 2.29. The highest BCUT2D eigenvalue weighted by molar-refractivity contribution is 6.12. The first-order valence-corrected chi connectivity index (χ1v) is 12.0. The molecule has 1 aliphatic heterocycles. The fourth-order valence-electron chi connectivity index (χ4n) is 4.61. The van der Waals surface area contributed by atoms with Gasteiger partial charge in [-0.15, -0.1) is 0 Å². The fraction of sp³-hybridized carbons (Fsp3) is 0.207. The van der Waals surface area contributed by atoms with Gasteiger partial charge in [-0.3, -0.25) is 19.2 Å². The van der Waals surface area contributed by atoms with E-state index in [1.807, 2.05) is 54.6 Å². The quantitative estimate of drug-likeness (QED) is 0.412. The molecule has 5 rings (SSSR count). The average Bonchev–Trinajstić information content (AvgIpc) is 3.36. The van der Waals surface area contributed by atoms with Gasteiger partial charge in [0.05, 0.1) is 26.5 Å². The molecule has 1 aliphatic rings. The predicted octanol–water partition coefficient (Wildman–Crippen LogP) is 4.30. The van der Waals surface area contributed by atoms with Crippen molar-refractivity contribution in [1.82, 2.24) is 15.1 Å². The third-order valence-corrected chi connectivity index (χ3v) is 6.64. The maximum Gasteiger partial charge on any atom is 0.277 e. The molecule has 0 spiro atoms. The Morgan fingerprint density at radius 1 is 0.946 bits per heavy atom. The van der Waals surface area contributed by atoms with Crippen LogP contribution in [0, 0.1) is 0 Å². The number of hydrogen-bond donors (Lipinski definition) is 1. The number of nitrogens with zero attached hydrogens (tertiary/aromatic N) is 3. The van der Waals surface area contributed by atoms with Crippen LogP contribution in [0.15, 0.2) is 84.9 Å². The number of fused-ring (bicyclic) bond motifs is 1. The first-order valence-electron chi connectivity index (χ1n) is 12.0. The molecular weight excluding hydrogens is 468 g/mol. The van der Waals surface area contributed by atoms with Crippen molar-refractivity contribution in [1.29, 1.82) is 0 Å². The van der Waals surface area contributed by atoms with Gasteiger partial charge in [-0.1, -0.05) is 36.4 Å². The number of aromatic nitrogens is 2. The Bertz CT molecular complexity index is 1430. The van der Waals surface area contributed by atoms with Gasteiger partial charge in [0.15, 0.2) is 0 Å². The van der Waals surface area contributed by atoms with Crippen molar-refractivity contribution in [2.24, 2.45) is 0 Å². The second kappa shape index (κ2) is 9.81. The molecule has 188 valence electrons. The van der Waals surface area contributed by atoms with E-state index in [1.165, 1.54) is 0 Å². The maximum atomic E-state index is 14.0. The average molecular weight is 497 g/mol. The number of nitrogens with one attached hydrogen (secondary N) is 1. The lowest BCUT2D eigenvalue weighted by molar-refractivity contribution is -0.126. The number of amides is 2. The van der Waals surface area contributed by atoms with Gasteiger partial charge in [0.25, 0.3) is 5.91 Å². The van der Waals surface area contributed by atoms with E-state index < -0.39 is 5.54 Å². The zero-order valence-electron chi connectivity index (χ0n) is 21.0. The first kappa shape index (κ1) is 24.1. The molecule has 1 atom stereocenters. The van der Waals surface area contributed by atoms with Gasteiger partial charge >= 0.3 is 0 Å². The van der Waals surface area contributed by atoms with Gasteiger partial charge in [-0.2, -0.15) is 5.10 Å². The van der Waals surface area contributed by atoms with Gasteiger partial charge in [0.2, 0.25) is 5.91 Å². The molecule has 0 saturated carbocycles. The van der Waals surface area contributed by atoms with Crippen molar-refractivity contribution in [3.05, 3.63) is 96.2 Å². The number of carbonyl (C=O) groups is 2.